The second-order valence-electron chi connectivity index (χ2n) is 3.88. The van der Waals surface area contributed by atoms with Crippen LogP contribution in [0.15, 0.2) is 0 Å². The van der Waals surface area contributed by atoms with Gasteiger partial charge in [-0.3, -0.25) is 0 Å². The van der Waals surface area contributed by atoms with Gasteiger partial charge in [-0.1, -0.05) is 33.0 Å². The molecule has 0 saturated carbocycles. The molecule has 1 unspecified atom stereocenters. The van der Waals surface area contributed by atoms with E-state index in [0.29, 0.717) is 0 Å². The van der Waals surface area contributed by atoms with Crippen LogP contribution in [0, 0.1) is 0 Å². The van der Waals surface area contributed by atoms with Crippen LogP contribution in [0.1, 0.15) is 13.3 Å². The number of hydrogen-bond acceptors (Lipinski definition) is 1. The summed E-state index contributed by atoms with van der Waals surface area (Å²) in [6.07, 6.45) is 1.30. The van der Waals surface area contributed by atoms with Crippen molar-refractivity contribution in [1.82, 2.24) is 0 Å². The minimum absolute atomic E-state index is 0.762. The van der Waals surface area contributed by atoms with Crippen LogP contribution in [0.4, 0.5) is 0 Å². The summed E-state index contributed by atoms with van der Waals surface area (Å²) < 4.78 is 5.56. The second-order valence-corrected chi connectivity index (χ2v) is 17.8. The van der Waals surface area contributed by atoms with Crippen LogP contribution in [0.3, 0.4) is 0 Å². The van der Waals surface area contributed by atoms with Gasteiger partial charge in [0.25, 0.3) is 0 Å². The second kappa shape index (κ2) is 4.31. The molecule has 0 aliphatic heterocycles. The molecular weight excluding hydrogens is 156 g/mol. The molecule has 0 bridgehead atoms. The van der Waals surface area contributed by atoms with Gasteiger partial charge in [0.05, 0.1) is 7.59 Å². The van der Waals surface area contributed by atoms with E-state index < -0.39 is 16.1 Å². The Kier molecular flexibility index (Phi) is 4.48. The Hall–Kier alpha value is 0.394. The molecule has 1 nitrogen and oxygen atoms in total. The molecule has 0 aromatic rings. The summed E-state index contributed by atoms with van der Waals surface area (Å²) in [5.74, 6) is 0. The topological polar surface area (TPSA) is 9.23 Å². The van der Waals surface area contributed by atoms with Crippen LogP contribution in [-0.4, -0.2) is 23.3 Å². The monoisotopic (exact) mass is 176 g/mol. The van der Waals surface area contributed by atoms with Gasteiger partial charge in [0.1, 0.15) is 0 Å². The summed E-state index contributed by atoms with van der Waals surface area (Å²) in [6.45, 7) is 9.51. The molecule has 0 N–H and O–H groups in total. The summed E-state index contributed by atoms with van der Waals surface area (Å²) in [4.78, 5) is 0. The van der Waals surface area contributed by atoms with Crippen LogP contribution in [0.5, 0.6) is 0 Å². The van der Waals surface area contributed by atoms with Crippen LogP contribution < -0.4 is 0 Å². The molecule has 0 spiro atoms. The lowest BCUT2D eigenvalue weighted by atomic mass is 10.6. The van der Waals surface area contributed by atoms with E-state index in [9.17, 15) is 0 Å². The van der Waals surface area contributed by atoms with E-state index in [-0.39, 0.29) is 0 Å². The molecule has 1 atom stereocenters. The first-order chi connectivity index (χ1) is 4.52. The lowest BCUT2D eigenvalue weighted by Gasteiger charge is -2.24. The van der Waals surface area contributed by atoms with E-state index in [0.717, 1.165) is 0 Å². The molecule has 0 amide bonds. The number of rotatable bonds is 4. The molecule has 0 aliphatic rings. The third-order valence-corrected chi connectivity index (χ3v) is 12.8. The fourth-order valence-corrected chi connectivity index (χ4v) is 9.09. The van der Waals surface area contributed by atoms with Gasteiger partial charge in [-0.15, -0.1) is 0 Å². The quantitative estimate of drug-likeness (QED) is 0.597. The maximum Gasteiger partial charge on any atom is 0.164 e. The zero-order chi connectivity index (χ0) is 8.20. The third kappa shape index (κ3) is 3.53. The van der Waals surface area contributed by atoms with Crippen LogP contribution in [0.25, 0.3) is 0 Å². The molecule has 0 aromatic heterocycles. The van der Waals surface area contributed by atoms with Crippen molar-refractivity contribution >= 4 is 16.1 Å². The fourth-order valence-electron chi connectivity index (χ4n) is 1.17. The van der Waals surface area contributed by atoms with E-state index in [4.69, 9.17) is 4.43 Å². The van der Waals surface area contributed by atoms with Crippen molar-refractivity contribution in [2.45, 2.75) is 39.0 Å². The van der Waals surface area contributed by atoms with Gasteiger partial charge < -0.3 is 4.43 Å². The lowest BCUT2D eigenvalue weighted by molar-refractivity contribution is 0.431. The lowest BCUT2D eigenvalue weighted by Crippen LogP contribution is -2.44. The first-order valence-corrected chi connectivity index (χ1v) is 10.6. The van der Waals surface area contributed by atoms with Crippen molar-refractivity contribution in [3.05, 3.63) is 0 Å². The van der Waals surface area contributed by atoms with E-state index in [2.05, 4.69) is 26.6 Å². The molecule has 3 heteroatoms. The summed E-state index contributed by atoms with van der Waals surface area (Å²) in [6, 6.07) is 1.37. The SMILES string of the molecule is CCC[SiH](OC)[Si](C)(C)C. The molecule has 10 heavy (non-hydrogen) atoms. The van der Waals surface area contributed by atoms with Gasteiger partial charge in [0.2, 0.25) is 0 Å². The predicted octanol–water partition coefficient (Wildman–Crippen LogP) is 2.18. The zero-order valence-corrected chi connectivity index (χ0v) is 10.1. The molecule has 0 radical (unpaired) electrons. The molecule has 0 aromatic carbocycles. The Bertz CT molecular complexity index is 88.1. The minimum Gasteiger partial charge on any atom is -0.427 e. The highest BCUT2D eigenvalue weighted by molar-refractivity contribution is 7.29. The highest BCUT2D eigenvalue weighted by atomic mass is 29.2. The molecule has 0 fully saturated rings. The van der Waals surface area contributed by atoms with Gasteiger partial charge in [-0.25, -0.2) is 0 Å². The van der Waals surface area contributed by atoms with Crippen molar-refractivity contribution in [3.8, 4) is 0 Å². The Morgan fingerprint density at radius 2 is 1.80 bits per heavy atom. The third-order valence-electron chi connectivity index (χ3n) is 1.80. The normalized spacial score (nSPS) is 15.3. The van der Waals surface area contributed by atoms with Crippen molar-refractivity contribution in [3.63, 3.8) is 0 Å². The fraction of sp³-hybridized carbons (Fsp3) is 1.00. The first-order valence-electron chi connectivity index (χ1n) is 4.05. The average molecular weight is 176 g/mol. The molecular formula is C7H20OSi2. The van der Waals surface area contributed by atoms with Crippen molar-refractivity contribution in [2.75, 3.05) is 7.11 Å². The minimum atomic E-state index is -0.891. The molecule has 0 aliphatic carbocycles. The molecule has 62 valence electrons. The Labute approximate surface area is 67.3 Å². The summed E-state index contributed by atoms with van der Waals surface area (Å²) in [5.41, 5.74) is 0. The average Bonchev–Trinajstić information content (AvgIpc) is 1.80. The number of hydrogen-bond donors (Lipinski definition) is 0. The van der Waals surface area contributed by atoms with Gasteiger partial charge in [0, 0.05) is 7.11 Å². The van der Waals surface area contributed by atoms with Crippen LogP contribution in [0.2, 0.25) is 25.7 Å². The van der Waals surface area contributed by atoms with Gasteiger partial charge in [0.15, 0.2) is 8.56 Å². The van der Waals surface area contributed by atoms with Crippen LogP contribution in [-0.2, 0) is 4.43 Å². The standard InChI is InChI=1S/C7H20OSi2/c1-6-7-9(8-2)10(3,4)5/h9H,6-7H2,1-5H3. The van der Waals surface area contributed by atoms with Gasteiger partial charge in [-0.05, 0) is 6.04 Å². The maximum atomic E-state index is 5.56. The first kappa shape index (κ1) is 10.4. The van der Waals surface area contributed by atoms with Crippen molar-refractivity contribution < 1.29 is 4.43 Å². The van der Waals surface area contributed by atoms with Crippen molar-refractivity contribution in [2.24, 2.45) is 0 Å². The van der Waals surface area contributed by atoms with Crippen LogP contribution >= 0.6 is 0 Å². The van der Waals surface area contributed by atoms with E-state index in [1.807, 2.05) is 7.11 Å². The predicted molar refractivity (Wildman–Crippen MR) is 52.6 cm³/mol. The van der Waals surface area contributed by atoms with E-state index in [1.165, 1.54) is 12.5 Å². The Morgan fingerprint density at radius 1 is 1.30 bits per heavy atom. The largest absolute Gasteiger partial charge is 0.427 e. The van der Waals surface area contributed by atoms with Gasteiger partial charge in [-0.2, -0.15) is 0 Å². The Balaban J connectivity index is 3.81. The van der Waals surface area contributed by atoms with E-state index in [1.54, 1.807) is 0 Å². The Morgan fingerprint density at radius 3 is 1.90 bits per heavy atom. The summed E-state index contributed by atoms with van der Waals surface area (Å²) in [5, 5.41) is 0. The van der Waals surface area contributed by atoms with Gasteiger partial charge >= 0.3 is 0 Å². The summed E-state index contributed by atoms with van der Waals surface area (Å²) in [7, 11) is 0.240. The van der Waals surface area contributed by atoms with E-state index >= 15 is 0 Å². The molecule has 0 rings (SSSR count). The smallest absolute Gasteiger partial charge is 0.164 e. The van der Waals surface area contributed by atoms with Crippen molar-refractivity contribution in [1.29, 1.82) is 0 Å². The molecule has 0 saturated heterocycles. The highest BCUT2D eigenvalue weighted by Crippen LogP contribution is 2.12. The summed E-state index contributed by atoms with van der Waals surface area (Å²) >= 11 is 0. The highest BCUT2D eigenvalue weighted by Gasteiger charge is 2.27. The molecule has 0 heterocycles. The maximum absolute atomic E-state index is 5.56. The zero-order valence-electron chi connectivity index (χ0n) is 7.90.